The number of hydrogen-bond donors (Lipinski definition) is 9. The van der Waals surface area contributed by atoms with Crippen molar-refractivity contribution in [3.05, 3.63) is 66.6 Å². The number of cyclic esters (lactones) is 2. The Morgan fingerprint density at radius 1 is 0.691 bits per heavy atom. The summed E-state index contributed by atoms with van der Waals surface area (Å²) < 4.78 is 11.6. The number of aldehydes is 1. The molecule has 0 aromatic carbocycles. The van der Waals surface area contributed by atoms with E-state index in [-0.39, 0.29) is 42.3 Å². The maximum absolute atomic E-state index is 13.3. The first-order valence-corrected chi connectivity index (χ1v) is 29.1. The third-order valence-corrected chi connectivity index (χ3v) is 16.4. The lowest BCUT2D eigenvalue weighted by Gasteiger charge is -2.34. The number of carbonyl (C=O) groups excluding carboxylic acids is 7. The number of nitrogens with two attached hydrogens (primary N) is 1. The van der Waals surface area contributed by atoms with Gasteiger partial charge in [-0.3, -0.25) is 29.4 Å². The highest BCUT2D eigenvalue weighted by Crippen LogP contribution is 2.35. The first-order valence-electron chi connectivity index (χ1n) is 27.4. The summed E-state index contributed by atoms with van der Waals surface area (Å²) in [5.74, 6) is 0.965. The molecule has 0 unspecified atom stereocenters. The van der Waals surface area contributed by atoms with E-state index in [0.717, 1.165) is 44.4 Å². The molecule has 21 nitrogen and oxygen atoms in total. The zero-order valence-electron chi connectivity index (χ0n) is 49.7. The molecule has 10 atom stereocenters. The molecule has 0 saturated heterocycles. The molecule has 2 aromatic heterocycles. The number of aliphatic hydroxyl groups is 4. The highest BCUT2D eigenvalue weighted by Gasteiger charge is 2.44. The smallest absolute Gasteiger partial charge is 0.334 e. The number of carbonyl (C=O) groups is 7. The van der Waals surface area contributed by atoms with Crippen molar-refractivity contribution in [2.75, 3.05) is 14.1 Å². The van der Waals surface area contributed by atoms with Gasteiger partial charge >= 0.3 is 24.0 Å². The second kappa shape index (κ2) is 34.6. The molecule has 0 fully saturated rings. The van der Waals surface area contributed by atoms with E-state index < -0.39 is 77.3 Å². The Morgan fingerprint density at radius 3 is 1.43 bits per heavy atom. The largest absolute Gasteiger partial charge is 0.457 e. The minimum atomic E-state index is -1.29. The Bertz CT molecular complexity index is 2560. The number of rotatable bonds is 7. The van der Waals surface area contributed by atoms with E-state index in [1.807, 2.05) is 76.0 Å². The lowest BCUT2D eigenvalue weighted by Crippen LogP contribution is -2.45. The molecule has 23 heteroatoms. The van der Waals surface area contributed by atoms with Gasteiger partial charge in [0.2, 0.25) is 0 Å². The van der Waals surface area contributed by atoms with Gasteiger partial charge in [-0.1, -0.05) is 67.5 Å². The van der Waals surface area contributed by atoms with Gasteiger partial charge in [-0.2, -0.15) is 5.10 Å². The molecule has 2 aromatic rings. The first-order chi connectivity index (χ1) is 37.9. The van der Waals surface area contributed by atoms with E-state index in [1.165, 1.54) is 36.8 Å². The number of Topliss-reactive ketones (excluding diaryl/α,β-unsaturated/α-hetero) is 2. The number of aromatic nitrogens is 2. The Hall–Kier alpha value is -5.82. The number of thiazole rings is 2. The predicted octanol–water partition coefficient (Wildman–Crippen LogP) is 7.40. The molecule has 2 aliphatic heterocycles. The topological polar surface area (TPSA) is 331 Å². The Balaban J connectivity index is 0.000000505. The molecule has 2 aliphatic rings. The lowest BCUT2D eigenvalue weighted by molar-refractivity contribution is -0.155. The van der Waals surface area contributed by atoms with Gasteiger partial charge in [0.1, 0.15) is 30.1 Å². The van der Waals surface area contributed by atoms with Crippen LogP contribution in [0.1, 0.15) is 155 Å². The van der Waals surface area contributed by atoms with Gasteiger partial charge in [0, 0.05) is 49.5 Å². The summed E-state index contributed by atoms with van der Waals surface area (Å²) >= 11 is 3.04. The molecule has 0 aliphatic carbocycles. The number of nitrogens with one attached hydrogen (secondary N) is 4. The number of urea groups is 2. The van der Waals surface area contributed by atoms with Crippen molar-refractivity contribution in [3.8, 4) is 0 Å². The van der Waals surface area contributed by atoms with Gasteiger partial charge < -0.3 is 40.5 Å². The van der Waals surface area contributed by atoms with Crippen molar-refractivity contribution in [2.24, 2.45) is 45.4 Å². The number of allylic oxidation sites excluding steroid dienone is 2. The quantitative estimate of drug-likeness (QED) is 0.0326. The molecule has 0 radical (unpaired) electrons. The zero-order valence-corrected chi connectivity index (χ0v) is 51.3. The molecular formula is C58H90N8O13S2. The number of ketones is 2. The maximum Gasteiger partial charge on any atom is 0.334 e. The van der Waals surface area contributed by atoms with Crippen LogP contribution in [-0.4, -0.2) is 129 Å². The third-order valence-electron chi connectivity index (χ3n) is 14.8. The zero-order chi connectivity index (χ0) is 61.4. The minimum absolute atomic E-state index is 0.160. The van der Waals surface area contributed by atoms with Crippen LogP contribution < -0.4 is 27.3 Å². The number of hydrazone groups is 1. The second-order valence-electron chi connectivity index (χ2n) is 22.0. The highest BCUT2D eigenvalue weighted by molar-refractivity contribution is 7.09. The summed E-state index contributed by atoms with van der Waals surface area (Å²) in [6, 6.07) is -0.832. The maximum atomic E-state index is 13.3. The van der Waals surface area contributed by atoms with Crippen molar-refractivity contribution >= 4 is 82.9 Å². The van der Waals surface area contributed by atoms with Crippen LogP contribution >= 0.6 is 22.7 Å². The van der Waals surface area contributed by atoms with Gasteiger partial charge in [-0.05, 0) is 113 Å². The summed E-state index contributed by atoms with van der Waals surface area (Å²) in [6.45, 7) is 21.0. The van der Waals surface area contributed by atoms with Crippen molar-refractivity contribution in [1.29, 1.82) is 0 Å². The normalized spacial score (nSPS) is 28.4. The summed E-state index contributed by atoms with van der Waals surface area (Å²) in [6.07, 6.45) is 7.83. The third kappa shape index (κ3) is 23.5. The average Bonchev–Trinajstić information content (AvgIpc) is 4.05. The van der Waals surface area contributed by atoms with Crippen molar-refractivity contribution in [2.45, 2.75) is 184 Å². The Labute approximate surface area is 485 Å². The number of aliphatic hydroxyl groups excluding tert-OH is 4. The fraction of sp³-hybridized carbons (Fsp3) is 0.621. The van der Waals surface area contributed by atoms with Crippen LogP contribution in [0.15, 0.2) is 50.3 Å². The van der Waals surface area contributed by atoms with Crippen molar-refractivity contribution in [3.63, 3.8) is 0 Å². The van der Waals surface area contributed by atoms with Crippen LogP contribution in [0.25, 0.3) is 12.2 Å². The SMILES string of the molecule is C/C(=C\c1csc(C)n1)[C@@H]1C/C=C(/C=O)CCC[C@H](C)[C@H](O)[C@@H](C)C(=O)C(C)(C)[C@@H](O)CC(=O)O1.CNC(=O)N/N=C/C1=C/C[C@@H](/C(C)=C/c2csc(C)n2)OC(=O)C[C@H](O)C(C)(C)C(=O)[C@H](C)[C@@H](O)[C@@H](C)CCC1.CNC(=O)NN. The number of aryl methyl sites for hydroxylation is 2. The van der Waals surface area contributed by atoms with E-state index >= 15 is 0 Å². The average molecular weight is 1170 g/mol. The number of esters is 2. The van der Waals surface area contributed by atoms with Crippen molar-refractivity contribution in [1.82, 2.24) is 31.5 Å². The minimum Gasteiger partial charge on any atom is -0.457 e. The lowest BCUT2D eigenvalue weighted by atomic mass is 9.73. The predicted molar refractivity (Wildman–Crippen MR) is 315 cm³/mol. The number of amides is 4. The Morgan fingerprint density at radius 2 is 1.09 bits per heavy atom. The monoisotopic (exact) mass is 1170 g/mol. The summed E-state index contributed by atoms with van der Waals surface area (Å²) in [4.78, 5) is 94.3. The van der Waals surface area contributed by atoms with E-state index in [0.29, 0.717) is 56.9 Å². The summed E-state index contributed by atoms with van der Waals surface area (Å²) in [7, 11) is 2.98. The molecule has 4 amide bonds. The summed E-state index contributed by atoms with van der Waals surface area (Å²) in [5.41, 5.74) is 6.23. The molecular weight excluding hydrogens is 1080 g/mol. The number of hydrazine groups is 1. The van der Waals surface area contributed by atoms with Gasteiger partial charge in [0.05, 0.1) is 75.7 Å². The number of ether oxygens (including phenoxy) is 2. The molecule has 4 rings (SSSR count). The molecule has 0 saturated carbocycles. The molecule has 0 bridgehead atoms. The fourth-order valence-electron chi connectivity index (χ4n) is 9.08. The van der Waals surface area contributed by atoms with E-state index in [1.54, 1.807) is 53.8 Å². The van der Waals surface area contributed by atoms with Crippen LogP contribution in [0.4, 0.5) is 9.59 Å². The fourth-order valence-corrected chi connectivity index (χ4v) is 10.2. The van der Waals surface area contributed by atoms with E-state index in [2.05, 4.69) is 37.0 Å². The molecule has 81 heavy (non-hydrogen) atoms. The molecule has 10 N–H and O–H groups in total. The number of nitrogens with zero attached hydrogens (tertiary/aromatic N) is 3. The standard InChI is InChI=1S/C29H44N4O6S.C27H39NO6S.C2H7N3O/c1-17-9-8-10-21(15-31-33-28(38)30-7)11-12-23(18(2)13-22-16-40-20(4)32-22)39-25(35)14-24(34)29(5,6)27(37)19(3)26(17)36;1-16-8-7-9-20(14-29)10-11-22(17(2)12-21-15-35-19(4)28-21)34-24(31)13-23(30)27(5,6)26(33)18(3)25(16)32;1-4-2(6)5-3/h11,13,15-17,19,23-24,26,34,36H,8-10,12,14H2,1-7H3,(H2,30,33,38);10,12,14-16,18,22-23,25,30,32H,7-9,11,13H2,1-6H3;3H2,1H3,(H2,4,5,6)/b18-13+,21-11+,31-15+;17-12+,20-10+;/t17-,19+,23-,24-,26-;16-,18+,22-,23-,25-;/m00./s1. The highest BCUT2D eigenvalue weighted by atomic mass is 32.1. The van der Waals surface area contributed by atoms with Gasteiger partial charge in [0.25, 0.3) is 0 Å². The summed E-state index contributed by atoms with van der Waals surface area (Å²) in [5, 5.41) is 57.8. The van der Waals surface area contributed by atoms with Gasteiger partial charge in [0.15, 0.2) is 0 Å². The van der Waals surface area contributed by atoms with Crippen LogP contribution in [0.5, 0.6) is 0 Å². The van der Waals surface area contributed by atoms with Crippen LogP contribution in [-0.2, 0) is 33.4 Å². The molecule has 0 spiro atoms. The van der Waals surface area contributed by atoms with E-state index in [4.69, 9.17) is 9.47 Å². The number of hydrogen-bond acceptors (Lipinski definition) is 19. The molecule has 4 heterocycles. The van der Waals surface area contributed by atoms with Crippen LogP contribution in [0.3, 0.4) is 0 Å². The van der Waals surface area contributed by atoms with Gasteiger partial charge in [-0.15, -0.1) is 22.7 Å². The Kier molecular flexibility index (Phi) is 30.4. The van der Waals surface area contributed by atoms with Gasteiger partial charge in [-0.25, -0.2) is 30.8 Å². The van der Waals surface area contributed by atoms with E-state index in [9.17, 15) is 54.0 Å². The second-order valence-corrected chi connectivity index (χ2v) is 24.2. The van der Waals surface area contributed by atoms with Crippen LogP contribution in [0, 0.1) is 48.3 Å². The van der Waals surface area contributed by atoms with Crippen LogP contribution in [0.2, 0.25) is 0 Å². The first kappa shape index (κ1) is 71.3. The van der Waals surface area contributed by atoms with Crippen molar-refractivity contribution < 1.29 is 63.5 Å². The molecule has 452 valence electrons.